The van der Waals surface area contributed by atoms with Gasteiger partial charge in [0, 0.05) is 13.8 Å². The molecule has 182 valence electrons. The normalized spacial score (nSPS) is 14.2. The largest absolute Gasteiger partial charge is 0.514 e. The standard InChI is InChI=1S/C26H46O4Si2/c1-19(27)29-31(23(3,4)5,24(6,7)8)21-15-17-22(18-16-21)32(25(9,10)11,26(12,13)14)30-20(2)28/h15-18H,1-14H3. The van der Waals surface area contributed by atoms with Crippen molar-refractivity contribution in [3.05, 3.63) is 24.3 Å². The first kappa shape index (κ1) is 28.6. The van der Waals surface area contributed by atoms with E-state index in [0.29, 0.717) is 0 Å². The Labute approximate surface area is 198 Å². The van der Waals surface area contributed by atoms with Gasteiger partial charge in [0.2, 0.25) is 0 Å². The van der Waals surface area contributed by atoms with E-state index in [9.17, 15) is 9.59 Å². The summed E-state index contributed by atoms with van der Waals surface area (Å²) in [6.45, 7) is 29.1. The van der Waals surface area contributed by atoms with Crippen LogP contribution in [-0.2, 0) is 18.4 Å². The summed E-state index contributed by atoms with van der Waals surface area (Å²) in [5, 5.41) is 1.33. The Bertz CT molecular complexity index is 730. The Morgan fingerprint density at radius 1 is 0.531 bits per heavy atom. The van der Waals surface area contributed by atoms with Crippen LogP contribution in [0.3, 0.4) is 0 Å². The van der Waals surface area contributed by atoms with Crippen LogP contribution in [0.4, 0.5) is 0 Å². The smallest absolute Gasteiger partial charge is 0.297 e. The van der Waals surface area contributed by atoms with Crippen molar-refractivity contribution in [2.24, 2.45) is 0 Å². The molecule has 0 heterocycles. The summed E-state index contributed by atoms with van der Waals surface area (Å²) in [7, 11) is -5.57. The lowest BCUT2D eigenvalue weighted by atomic mass is 10.2. The Balaban J connectivity index is 3.93. The van der Waals surface area contributed by atoms with Gasteiger partial charge in [0.25, 0.3) is 28.6 Å². The van der Waals surface area contributed by atoms with Crippen LogP contribution in [-0.4, -0.2) is 28.6 Å². The maximum absolute atomic E-state index is 12.3. The second-order valence-electron chi connectivity index (χ2n) is 13.1. The molecule has 0 bridgehead atoms. The van der Waals surface area contributed by atoms with E-state index < -0.39 is 16.6 Å². The molecule has 0 amide bonds. The molecule has 6 heteroatoms. The summed E-state index contributed by atoms with van der Waals surface area (Å²) >= 11 is 0. The lowest BCUT2D eigenvalue weighted by Gasteiger charge is -2.51. The first-order valence-electron chi connectivity index (χ1n) is 11.5. The molecule has 0 unspecified atom stereocenters. The average Bonchev–Trinajstić information content (AvgIpc) is 2.53. The van der Waals surface area contributed by atoms with Crippen LogP contribution in [0.25, 0.3) is 0 Å². The predicted octanol–water partition coefficient (Wildman–Crippen LogP) is 6.32. The molecule has 1 rings (SSSR count). The van der Waals surface area contributed by atoms with Crippen LogP contribution in [0.15, 0.2) is 24.3 Å². The first-order valence-corrected chi connectivity index (χ1v) is 15.4. The Morgan fingerprint density at radius 2 is 0.719 bits per heavy atom. The van der Waals surface area contributed by atoms with Gasteiger partial charge in [-0.1, -0.05) is 107 Å². The Kier molecular flexibility index (Phi) is 7.83. The second kappa shape index (κ2) is 8.75. The van der Waals surface area contributed by atoms with Crippen molar-refractivity contribution >= 4 is 38.9 Å². The van der Waals surface area contributed by atoms with Gasteiger partial charge in [-0.05, 0) is 30.5 Å². The third-order valence-corrected chi connectivity index (χ3v) is 18.4. The van der Waals surface area contributed by atoms with Crippen molar-refractivity contribution in [1.82, 2.24) is 0 Å². The topological polar surface area (TPSA) is 52.6 Å². The summed E-state index contributed by atoms with van der Waals surface area (Å²) < 4.78 is 12.6. The van der Waals surface area contributed by atoms with Gasteiger partial charge in [-0.25, -0.2) is 0 Å². The van der Waals surface area contributed by atoms with Gasteiger partial charge in [-0.3, -0.25) is 9.59 Å². The lowest BCUT2D eigenvalue weighted by molar-refractivity contribution is -0.134. The molecule has 1 aromatic carbocycles. The molecular weight excluding hydrogens is 432 g/mol. The van der Waals surface area contributed by atoms with Gasteiger partial charge < -0.3 is 8.85 Å². The highest BCUT2D eigenvalue weighted by Crippen LogP contribution is 2.53. The number of benzene rings is 1. The number of rotatable bonds is 4. The summed E-state index contributed by atoms with van der Waals surface area (Å²) in [6, 6.07) is 8.51. The third kappa shape index (κ3) is 4.91. The molecule has 32 heavy (non-hydrogen) atoms. The molecule has 4 nitrogen and oxygen atoms in total. The molecule has 1 aromatic rings. The minimum atomic E-state index is -2.79. The molecule has 0 spiro atoms. The van der Waals surface area contributed by atoms with Crippen molar-refractivity contribution in [2.75, 3.05) is 0 Å². The highest BCUT2D eigenvalue weighted by molar-refractivity contribution is 6.93. The average molecular weight is 479 g/mol. The molecular formula is C26H46O4Si2. The number of carbonyl (C=O) groups excluding carboxylic acids is 2. The lowest BCUT2D eigenvalue weighted by Crippen LogP contribution is -2.66. The molecule has 0 radical (unpaired) electrons. The van der Waals surface area contributed by atoms with E-state index in [1.165, 1.54) is 13.8 Å². The Hall–Kier alpha value is -1.41. The van der Waals surface area contributed by atoms with Crippen molar-refractivity contribution in [1.29, 1.82) is 0 Å². The molecule has 0 aromatic heterocycles. The van der Waals surface area contributed by atoms with Crippen molar-refractivity contribution in [2.45, 2.75) is 117 Å². The fourth-order valence-electron chi connectivity index (χ4n) is 6.08. The molecule has 0 aliphatic rings. The van der Waals surface area contributed by atoms with Crippen LogP contribution in [0, 0.1) is 0 Å². The van der Waals surface area contributed by atoms with E-state index >= 15 is 0 Å². The first-order chi connectivity index (χ1) is 14.0. The van der Waals surface area contributed by atoms with Gasteiger partial charge in [0.15, 0.2) is 0 Å². The van der Waals surface area contributed by atoms with Gasteiger partial charge in [0.05, 0.1) is 0 Å². The molecule has 0 saturated heterocycles. The monoisotopic (exact) mass is 478 g/mol. The van der Waals surface area contributed by atoms with E-state index in [2.05, 4.69) is 107 Å². The minimum absolute atomic E-state index is 0.211. The minimum Gasteiger partial charge on any atom is -0.514 e. The zero-order valence-corrected chi connectivity index (χ0v) is 24.9. The summed E-state index contributed by atoms with van der Waals surface area (Å²) in [4.78, 5) is 24.6. The van der Waals surface area contributed by atoms with Crippen LogP contribution >= 0.6 is 0 Å². The van der Waals surface area contributed by atoms with Crippen LogP contribution < -0.4 is 10.4 Å². The van der Waals surface area contributed by atoms with Crippen LogP contribution in [0.2, 0.25) is 20.2 Å². The van der Waals surface area contributed by atoms with Crippen molar-refractivity contribution < 1.29 is 18.4 Å². The highest BCUT2D eigenvalue weighted by Gasteiger charge is 2.61. The highest BCUT2D eigenvalue weighted by atomic mass is 28.4. The third-order valence-electron chi connectivity index (χ3n) is 6.52. The SMILES string of the molecule is CC(=O)O[Si](c1ccc([Si](OC(C)=O)(C(C)(C)C)C(C)(C)C)cc1)(C(C)(C)C)C(C)(C)C. The molecule has 0 aliphatic heterocycles. The van der Waals surface area contributed by atoms with E-state index in [1.807, 2.05) is 0 Å². The Morgan fingerprint density at radius 3 is 0.844 bits per heavy atom. The molecule has 0 fully saturated rings. The predicted molar refractivity (Wildman–Crippen MR) is 140 cm³/mol. The van der Waals surface area contributed by atoms with E-state index in [4.69, 9.17) is 8.85 Å². The molecule has 0 atom stereocenters. The van der Waals surface area contributed by atoms with Crippen molar-refractivity contribution in [3.63, 3.8) is 0 Å². The zero-order valence-electron chi connectivity index (χ0n) is 22.9. The van der Waals surface area contributed by atoms with Gasteiger partial charge in [0.1, 0.15) is 0 Å². The van der Waals surface area contributed by atoms with Crippen LogP contribution in [0.5, 0.6) is 0 Å². The number of carbonyl (C=O) groups is 2. The van der Waals surface area contributed by atoms with Crippen LogP contribution in [0.1, 0.15) is 96.9 Å². The fourth-order valence-corrected chi connectivity index (χ4v) is 17.6. The summed E-state index contributed by atoms with van der Waals surface area (Å²) in [5.74, 6) is -0.475. The number of hydrogen-bond donors (Lipinski definition) is 0. The second-order valence-corrected chi connectivity index (χ2v) is 23.4. The van der Waals surface area contributed by atoms with Gasteiger partial charge >= 0.3 is 0 Å². The van der Waals surface area contributed by atoms with Crippen molar-refractivity contribution in [3.8, 4) is 0 Å². The van der Waals surface area contributed by atoms with E-state index in [1.54, 1.807) is 0 Å². The number of hydrogen-bond acceptors (Lipinski definition) is 4. The maximum atomic E-state index is 12.3. The zero-order chi connectivity index (χ0) is 25.6. The van der Waals surface area contributed by atoms with E-state index in [0.717, 1.165) is 10.4 Å². The van der Waals surface area contributed by atoms with E-state index in [-0.39, 0.29) is 32.1 Å². The quantitative estimate of drug-likeness (QED) is 0.475. The van der Waals surface area contributed by atoms with Gasteiger partial charge in [-0.2, -0.15) is 0 Å². The summed E-state index contributed by atoms with van der Waals surface area (Å²) in [6.07, 6.45) is 0. The molecule has 0 saturated carbocycles. The van der Waals surface area contributed by atoms with Gasteiger partial charge in [-0.15, -0.1) is 0 Å². The maximum Gasteiger partial charge on any atom is 0.297 e. The fraction of sp³-hybridized carbons (Fsp3) is 0.692. The molecule has 0 aliphatic carbocycles. The molecule has 0 N–H and O–H groups in total. The summed E-state index contributed by atoms with van der Waals surface area (Å²) in [5.41, 5.74) is 0.